The molecular formula is C24H23F3N4O3. The maximum absolute atomic E-state index is 13.0. The summed E-state index contributed by atoms with van der Waals surface area (Å²) in [4.78, 5) is 32.0. The van der Waals surface area contributed by atoms with Crippen LogP contribution >= 0.6 is 0 Å². The number of alkyl halides is 3. The van der Waals surface area contributed by atoms with Crippen LogP contribution in [0.1, 0.15) is 47.0 Å². The first kappa shape index (κ1) is 23.3. The molecule has 0 bridgehead atoms. The number of rotatable bonds is 6. The fourth-order valence-corrected chi connectivity index (χ4v) is 3.61. The monoisotopic (exact) mass is 472 g/mol. The molecule has 2 heterocycles. The Labute approximate surface area is 194 Å². The molecule has 3 aromatic rings. The lowest BCUT2D eigenvalue weighted by molar-refractivity contribution is -0.137. The second kappa shape index (κ2) is 9.20. The number of carbonyl (C=O) groups is 2. The number of carbonyl (C=O) groups excluding carboxylic acids is 2. The highest BCUT2D eigenvalue weighted by Crippen LogP contribution is 2.30. The Morgan fingerprint density at radius 1 is 1.15 bits per heavy atom. The highest BCUT2D eigenvalue weighted by atomic mass is 19.4. The second-order valence-corrected chi connectivity index (χ2v) is 8.29. The van der Waals surface area contributed by atoms with Crippen LogP contribution in [0, 0.1) is 0 Å². The highest BCUT2D eigenvalue weighted by Gasteiger charge is 2.34. The lowest BCUT2D eigenvalue weighted by Crippen LogP contribution is -2.31. The molecule has 1 aliphatic rings. The van der Waals surface area contributed by atoms with Crippen LogP contribution in [0.4, 0.5) is 29.7 Å². The van der Waals surface area contributed by atoms with E-state index in [4.69, 9.17) is 4.42 Å². The lowest BCUT2D eigenvalue weighted by Gasteiger charge is -2.17. The van der Waals surface area contributed by atoms with Crippen LogP contribution in [-0.4, -0.2) is 34.9 Å². The fourth-order valence-electron chi connectivity index (χ4n) is 3.61. The number of nitrogens with zero attached hydrogens (tertiary/aromatic N) is 3. The molecule has 0 unspecified atom stereocenters. The van der Waals surface area contributed by atoms with Crippen LogP contribution < -0.4 is 10.2 Å². The van der Waals surface area contributed by atoms with Gasteiger partial charge in [-0.15, -0.1) is 0 Å². The molecule has 0 spiro atoms. The SMILES string of the molecule is CC(C)c1ccc(NC(=O)c2cnc(N3CCN(Cc4cccc(C(F)(F)F)c4)C3=O)o2)cc1. The van der Waals surface area contributed by atoms with Crippen molar-refractivity contribution in [2.75, 3.05) is 23.3 Å². The Morgan fingerprint density at radius 3 is 2.56 bits per heavy atom. The summed E-state index contributed by atoms with van der Waals surface area (Å²) in [5.74, 6) is -0.205. The van der Waals surface area contributed by atoms with Gasteiger partial charge in [0.15, 0.2) is 0 Å². The molecule has 4 rings (SSSR count). The van der Waals surface area contributed by atoms with Gasteiger partial charge in [0.25, 0.3) is 5.91 Å². The van der Waals surface area contributed by atoms with Crippen molar-refractivity contribution < 1.29 is 27.2 Å². The molecule has 34 heavy (non-hydrogen) atoms. The van der Waals surface area contributed by atoms with E-state index in [-0.39, 0.29) is 31.4 Å². The standard InChI is InChI=1S/C24H23F3N4O3/c1-15(2)17-6-8-19(9-7-17)29-21(32)20-13-28-22(34-20)31-11-10-30(23(31)33)14-16-4-3-5-18(12-16)24(25,26)27/h3-9,12-13,15H,10-11,14H2,1-2H3,(H,29,32). The van der Waals surface area contributed by atoms with E-state index >= 15 is 0 Å². The largest absolute Gasteiger partial charge is 0.418 e. The van der Waals surface area contributed by atoms with Crippen LogP contribution in [0.5, 0.6) is 0 Å². The van der Waals surface area contributed by atoms with Gasteiger partial charge in [0.05, 0.1) is 11.8 Å². The van der Waals surface area contributed by atoms with Gasteiger partial charge in [-0.05, 0) is 41.3 Å². The number of amides is 3. The maximum atomic E-state index is 13.0. The van der Waals surface area contributed by atoms with Crippen molar-refractivity contribution in [2.24, 2.45) is 0 Å². The summed E-state index contributed by atoms with van der Waals surface area (Å²) in [6, 6.07) is 11.8. The Balaban J connectivity index is 1.40. The van der Waals surface area contributed by atoms with E-state index in [0.29, 0.717) is 17.2 Å². The summed E-state index contributed by atoms with van der Waals surface area (Å²) >= 11 is 0. The number of urea groups is 1. The summed E-state index contributed by atoms with van der Waals surface area (Å²) < 4.78 is 44.4. The molecule has 10 heteroatoms. The maximum Gasteiger partial charge on any atom is 0.416 e. The Kier molecular flexibility index (Phi) is 6.32. The minimum absolute atomic E-state index is 0.0136. The molecule has 0 atom stereocenters. The van der Waals surface area contributed by atoms with E-state index in [1.54, 1.807) is 12.1 Å². The van der Waals surface area contributed by atoms with Crippen molar-refractivity contribution >= 4 is 23.6 Å². The van der Waals surface area contributed by atoms with E-state index in [1.165, 1.54) is 28.1 Å². The molecule has 1 aromatic heterocycles. The van der Waals surface area contributed by atoms with Crippen molar-refractivity contribution in [3.8, 4) is 0 Å². The molecule has 1 aliphatic heterocycles. The summed E-state index contributed by atoms with van der Waals surface area (Å²) in [6.45, 7) is 4.67. The zero-order chi connectivity index (χ0) is 24.5. The van der Waals surface area contributed by atoms with Gasteiger partial charge in [-0.1, -0.05) is 38.1 Å². The predicted octanol–water partition coefficient (Wildman–Crippen LogP) is 5.51. The quantitative estimate of drug-likeness (QED) is 0.513. The molecule has 0 aliphatic carbocycles. The van der Waals surface area contributed by atoms with Gasteiger partial charge >= 0.3 is 18.2 Å². The van der Waals surface area contributed by atoms with Crippen LogP contribution in [0.25, 0.3) is 0 Å². The first-order valence-electron chi connectivity index (χ1n) is 10.7. The van der Waals surface area contributed by atoms with Gasteiger partial charge in [-0.2, -0.15) is 13.2 Å². The van der Waals surface area contributed by atoms with Crippen molar-refractivity contribution in [2.45, 2.75) is 32.5 Å². The van der Waals surface area contributed by atoms with E-state index in [0.717, 1.165) is 17.7 Å². The van der Waals surface area contributed by atoms with Gasteiger partial charge < -0.3 is 14.6 Å². The lowest BCUT2D eigenvalue weighted by atomic mass is 10.0. The van der Waals surface area contributed by atoms with Crippen molar-refractivity contribution in [3.05, 3.63) is 77.2 Å². The van der Waals surface area contributed by atoms with Crippen LogP contribution in [0.3, 0.4) is 0 Å². The second-order valence-electron chi connectivity index (χ2n) is 8.29. The minimum atomic E-state index is -4.46. The average molecular weight is 472 g/mol. The topological polar surface area (TPSA) is 78.7 Å². The molecule has 1 saturated heterocycles. The number of hydrogen-bond donors (Lipinski definition) is 1. The number of anilines is 2. The van der Waals surface area contributed by atoms with Gasteiger partial charge in [-0.25, -0.2) is 14.7 Å². The van der Waals surface area contributed by atoms with Gasteiger partial charge in [0, 0.05) is 25.3 Å². The molecular weight excluding hydrogens is 449 g/mol. The summed E-state index contributed by atoms with van der Waals surface area (Å²) in [7, 11) is 0. The number of oxazole rings is 1. The van der Waals surface area contributed by atoms with Crippen molar-refractivity contribution in [3.63, 3.8) is 0 Å². The normalized spacial score (nSPS) is 14.2. The Bertz CT molecular complexity index is 1190. The minimum Gasteiger partial charge on any atom is -0.418 e. The number of benzene rings is 2. The van der Waals surface area contributed by atoms with E-state index in [1.807, 2.05) is 12.1 Å². The third-order valence-electron chi connectivity index (χ3n) is 5.51. The highest BCUT2D eigenvalue weighted by molar-refractivity contribution is 6.02. The fraction of sp³-hybridized carbons (Fsp3) is 0.292. The smallest absolute Gasteiger partial charge is 0.416 e. The molecule has 1 fully saturated rings. The molecule has 7 nitrogen and oxygen atoms in total. The summed E-state index contributed by atoms with van der Waals surface area (Å²) in [5.41, 5.74) is 1.33. The van der Waals surface area contributed by atoms with Crippen molar-refractivity contribution in [1.29, 1.82) is 0 Å². The molecule has 2 aromatic carbocycles. The molecule has 0 radical (unpaired) electrons. The number of hydrogen-bond acceptors (Lipinski definition) is 4. The van der Waals surface area contributed by atoms with Crippen LogP contribution in [-0.2, 0) is 12.7 Å². The number of aromatic nitrogens is 1. The molecule has 178 valence electrons. The summed E-state index contributed by atoms with van der Waals surface area (Å²) in [6.07, 6.45) is -3.22. The number of nitrogens with one attached hydrogen (secondary N) is 1. The first-order chi connectivity index (χ1) is 16.1. The number of halogens is 3. The zero-order valence-electron chi connectivity index (χ0n) is 18.6. The van der Waals surface area contributed by atoms with Gasteiger partial charge in [0.2, 0.25) is 5.76 Å². The van der Waals surface area contributed by atoms with Crippen molar-refractivity contribution in [1.82, 2.24) is 9.88 Å². The predicted molar refractivity (Wildman–Crippen MR) is 120 cm³/mol. The Hall–Kier alpha value is -3.82. The van der Waals surface area contributed by atoms with Crippen LogP contribution in [0.15, 0.2) is 59.1 Å². The molecule has 3 amide bonds. The van der Waals surface area contributed by atoms with Gasteiger partial charge in [0.1, 0.15) is 0 Å². The van der Waals surface area contributed by atoms with Crippen LogP contribution in [0.2, 0.25) is 0 Å². The first-order valence-corrected chi connectivity index (χ1v) is 10.7. The van der Waals surface area contributed by atoms with Gasteiger partial charge in [-0.3, -0.25) is 4.79 Å². The zero-order valence-corrected chi connectivity index (χ0v) is 18.6. The van der Waals surface area contributed by atoms with E-state index in [9.17, 15) is 22.8 Å². The third kappa shape index (κ3) is 5.05. The average Bonchev–Trinajstić information content (AvgIpc) is 3.41. The molecule has 1 N–H and O–H groups in total. The van der Waals surface area contributed by atoms with E-state index in [2.05, 4.69) is 24.1 Å². The summed E-state index contributed by atoms with van der Waals surface area (Å²) in [5, 5.41) is 2.72. The third-order valence-corrected chi connectivity index (χ3v) is 5.51. The van der Waals surface area contributed by atoms with E-state index < -0.39 is 23.7 Å². The molecule has 0 saturated carbocycles. The Morgan fingerprint density at radius 2 is 1.88 bits per heavy atom.